The molecule has 0 aliphatic carbocycles. The predicted molar refractivity (Wildman–Crippen MR) is 94.6 cm³/mol. The van der Waals surface area contributed by atoms with Gasteiger partial charge in [-0.2, -0.15) is 0 Å². The van der Waals surface area contributed by atoms with Gasteiger partial charge < -0.3 is 20.3 Å². The molecule has 0 fully saturated rings. The first-order valence-corrected chi connectivity index (χ1v) is 7.61. The molecule has 0 saturated carbocycles. The number of hydrogen-bond acceptors (Lipinski definition) is 6. The van der Waals surface area contributed by atoms with E-state index in [-0.39, 0.29) is 0 Å². The van der Waals surface area contributed by atoms with Crippen molar-refractivity contribution in [1.82, 2.24) is 9.97 Å². The van der Waals surface area contributed by atoms with Gasteiger partial charge in [0.1, 0.15) is 11.0 Å². The molecule has 25 heavy (non-hydrogen) atoms. The molecular weight excluding hydrogens is 324 g/mol. The van der Waals surface area contributed by atoms with Crippen LogP contribution in [0.15, 0.2) is 42.7 Å². The molecule has 4 rings (SSSR count). The second kappa shape index (κ2) is 4.79. The first-order valence-electron chi connectivity index (χ1n) is 7.61. The molecule has 0 radical (unpaired) electrons. The smallest absolute Gasteiger partial charge is 0.408 e. The van der Waals surface area contributed by atoms with E-state index in [1.165, 1.54) is 0 Å². The summed E-state index contributed by atoms with van der Waals surface area (Å²) in [6.07, 6.45) is 0. The van der Waals surface area contributed by atoms with Crippen molar-refractivity contribution in [3.63, 3.8) is 0 Å². The molecule has 2 aromatic carbocycles. The highest BCUT2D eigenvalue weighted by atomic mass is 16.4. The Bertz CT molecular complexity index is 1140. The van der Waals surface area contributed by atoms with Gasteiger partial charge in [0.05, 0.1) is 11.4 Å². The minimum absolute atomic E-state index is 0.385. The molecule has 8 heteroatoms. The molecule has 0 spiro atoms. The van der Waals surface area contributed by atoms with Gasteiger partial charge in [0.25, 0.3) is 0 Å². The summed E-state index contributed by atoms with van der Waals surface area (Å²) >= 11 is 0. The molecule has 8 nitrogen and oxygen atoms in total. The molecule has 0 bridgehead atoms. The Labute approximate surface area is 140 Å². The van der Waals surface area contributed by atoms with E-state index in [9.17, 15) is 9.59 Å². The summed E-state index contributed by atoms with van der Waals surface area (Å²) in [6, 6.07) is 7.08. The molecule has 0 atom stereocenters. The van der Waals surface area contributed by atoms with Crippen LogP contribution in [0.4, 0.5) is 11.4 Å². The number of aromatic amines is 2. The summed E-state index contributed by atoms with van der Waals surface area (Å²) in [7, 11) is 0. The van der Waals surface area contributed by atoms with E-state index in [0.717, 1.165) is 11.1 Å². The first kappa shape index (κ1) is 15.1. The fourth-order valence-electron chi connectivity index (χ4n) is 3.05. The quantitative estimate of drug-likeness (QED) is 0.411. The maximum atomic E-state index is 11.4. The van der Waals surface area contributed by atoms with Crippen LogP contribution in [0, 0.1) is 0 Å². The van der Waals surface area contributed by atoms with Crippen LogP contribution in [0.1, 0.15) is 25.0 Å². The fourth-order valence-corrected chi connectivity index (χ4v) is 3.05. The number of H-pyrrole nitrogens is 2. The van der Waals surface area contributed by atoms with Gasteiger partial charge in [0.2, 0.25) is 0 Å². The van der Waals surface area contributed by atoms with Gasteiger partial charge in [-0.15, -0.1) is 0 Å². The number of aromatic nitrogens is 2. The molecule has 128 valence electrons. The number of benzene rings is 2. The Morgan fingerprint density at radius 1 is 0.800 bits per heavy atom. The summed E-state index contributed by atoms with van der Waals surface area (Å²) in [5.74, 6) is -1.12. The molecule has 6 N–H and O–H groups in total. The Morgan fingerprint density at radius 2 is 1.20 bits per heavy atom. The Balaban J connectivity index is 1.94. The van der Waals surface area contributed by atoms with Gasteiger partial charge >= 0.3 is 11.5 Å². The lowest BCUT2D eigenvalue weighted by Crippen LogP contribution is -2.19. The second-order valence-electron chi connectivity index (χ2n) is 6.53. The molecule has 0 amide bonds. The molecule has 2 heterocycles. The van der Waals surface area contributed by atoms with E-state index < -0.39 is 16.9 Å². The van der Waals surface area contributed by atoms with E-state index in [1.54, 1.807) is 24.3 Å². The number of rotatable bonds is 2. The Morgan fingerprint density at radius 3 is 1.60 bits per heavy atom. The lowest BCUT2D eigenvalue weighted by molar-refractivity contribution is 0.551. The maximum absolute atomic E-state index is 11.4. The van der Waals surface area contributed by atoms with Crippen molar-refractivity contribution >= 4 is 33.6 Å². The van der Waals surface area contributed by atoms with Gasteiger partial charge in [-0.05, 0) is 35.4 Å². The van der Waals surface area contributed by atoms with Crippen LogP contribution in [0.2, 0.25) is 0 Å². The SMILES string of the molecule is CC(C)(c1cc(N)c2[nH]c(=O)oc2c1)c1cc(N)c2[nH]c(=O)oc2c1. The minimum Gasteiger partial charge on any atom is -0.408 e. The lowest BCUT2D eigenvalue weighted by atomic mass is 9.77. The second-order valence-corrected chi connectivity index (χ2v) is 6.53. The summed E-state index contributed by atoms with van der Waals surface area (Å²) in [5.41, 5.74) is 15.8. The maximum Gasteiger partial charge on any atom is 0.417 e. The van der Waals surface area contributed by atoms with Crippen LogP contribution >= 0.6 is 0 Å². The topological polar surface area (TPSA) is 144 Å². The van der Waals surface area contributed by atoms with Crippen molar-refractivity contribution in [1.29, 1.82) is 0 Å². The molecule has 0 unspecified atom stereocenters. The van der Waals surface area contributed by atoms with Gasteiger partial charge in [-0.1, -0.05) is 13.8 Å². The highest BCUT2D eigenvalue weighted by molar-refractivity contribution is 5.88. The number of oxazole rings is 2. The van der Waals surface area contributed by atoms with Crippen LogP contribution in [0.5, 0.6) is 0 Å². The number of nitrogen functional groups attached to an aromatic ring is 2. The van der Waals surface area contributed by atoms with Crippen molar-refractivity contribution in [2.24, 2.45) is 0 Å². The number of fused-ring (bicyclic) bond motifs is 2. The van der Waals surface area contributed by atoms with Crippen LogP contribution in [-0.2, 0) is 5.41 Å². The Kier molecular flexibility index (Phi) is 2.90. The molecule has 0 aliphatic heterocycles. The third-order valence-electron chi connectivity index (χ3n) is 4.57. The molecule has 4 aromatic rings. The summed E-state index contributed by atoms with van der Waals surface area (Å²) < 4.78 is 10.3. The third-order valence-corrected chi connectivity index (χ3v) is 4.57. The van der Waals surface area contributed by atoms with Crippen molar-refractivity contribution < 1.29 is 8.83 Å². The molecule has 0 saturated heterocycles. The monoisotopic (exact) mass is 340 g/mol. The highest BCUT2D eigenvalue weighted by Crippen LogP contribution is 2.37. The number of hydrogen-bond donors (Lipinski definition) is 4. The van der Waals surface area contributed by atoms with Gasteiger partial charge in [-0.25, -0.2) is 9.59 Å². The van der Waals surface area contributed by atoms with Crippen molar-refractivity contribution in [2.45, 2.75) is 19.3 Å². The average Bonchev–Trinajstić information content (AvgIpc) is 3.09. The van der Waals surface area contributed by atoms with Gasteiger partial charge in [0, 0.05) is 5.41 Å². The molecular formula is C17H16N4O4. The predicted octanol–water partition coefficient (Wildman–Crippen LogP) is 2.05. The van der Waals surface area contributed by atoms with Crippen molar-refractivity contribution in [3.05, 3.63) is 56.5 Å². The minimum atomic E-state index is -0.559. The number of nitrogens with one attached hydrogen (secondary N) is 2. The number of nitrogens with two attached hydrogens (primary N) is 2. The largest absolute Gasteiger partial charge is 0.417 e. The standard InChI is InChI=1S/C17H16N4O4/c1-17(2,7-3-9(18)13-11(5-7)24-15(22)20-13)8-4-10(19)14-12(6-8)25-16(23)21-14/h3-6H,18-19H2,1-2H3,(H,20,22)(H,21,23). The zero-order valence-electron chi connectivity index (χ0n) is 13.6. The normalized spacial score (nSPS) is 12.2. The van der Waals surface area contributed by atoms with E-state index in [4.69, 9.17) is 20.3 Å². The van der Waals surface area contributed by atoms with Crippen LogP contribution in [0.25, 0.3) is 22.2 Å². The Hall–Kier alpha value is -3.42. The lowest BCUT2D eigenvalue weighted by Gasteiger charge is -2.26. The van der Waals surface area contributed by atoms with Crippen molar-refractivity contribution in [2.75, 3.05) is 11.5 Å². The van der Waals surface area contributed by atoms with Crippen molar-refractivity contribution in [3.8, 4) is 0 Å². The van der Waals surface area contributed by atoms with Crippen LogP contribution < -0.4 is 23.0 Å². The first-order chi connectivity index (χ1) is 11.8. The van der Waals surface area contributed by atoms with E-state index in [1.807, 2.05) is 13.8 Å². The fraction of sp³-hybridized carbons (Fsp3) is 0.176. The average molecular weight is 340 g/mol. The summed E-state index contributed by atoms with van der Waals surface area (Å²) in [6.45, 7) is 3.95. The van der Waals surface area contributed by atoms with E-state index in [2.05, 4.69) is 9.97 Å². The zero-order chi connectivity index (χ0) is 17.9. The highest BCUT2D eigenvalue weighted by Gasteiger charge is 2.27. The molecule has 2 aromatic heterocycles. The number of anilines is 2. The third kappa shape index (κ3) is 2.22. The van der Waals surface area contributed by atoms with Gasteiger partial charge in [0.15, 0.2) is 11.2 Å². The summed E-state index contributed by atoms with van der Waals surface area (Å²) in [5, 5.41) is 0. The van der Waals surface area contributed by atoms with Crippen LogP contribution in [-0.4, -0.2) is 9.97 Å². The van der Waals surface area contributed by atoms with E-state index in [0.29, 0.717) is 33.6 Å². The van der Waals surface area contributed by atoms with Crippen LogP contribution in [0.3, 0.4) is 0 Å². The van der Waals surface area contributed by atoms with E-state index >= 15 is 0 Å². The molecule has 0 aliphatic rings. The summed E-state index contributed by atoms with van der Waals surface area (Å²) in [4.78, 5) is 28.0. The zero-order valence-corrected chi connectivity index (χ0v) is 13.6. The van der Waals surface area contributed by atoms with Gasteiger partial charge in [-0.3, -0.25) is 9.97 Å².